The summed E-state index contributed by atoms with van der Waals surface area (Å²) in [6.07, 6.45) is 0. The number of ether oxygens (including phenoxy) is 2. The second-order valence-corrected chi connectivity index (χ2v) is 5.58. The number of hydrogen-bond donors (Lipinski definition) is 2. The molecule has 0 aliphatic carbocycles. The van der Waals surface area contributed by atoms with Gasteiger partial charge in [-0.3, -0.25) is 0 Å². The van der Waals surface area contributed by atoms with Gasteiger partial charge in [-0.05, 0) is 39.5 Å². The molecule has 0 saturated carbocycles. The van der Waals surface area contributed by atoms with Gasteiger partial charge in [0.15, 0.2) is 11.5 Å². The maximum atomic E-state index is 9.27. The lowest BCUT2D eigenvalue weighted by Gasteiger charge is -2.20. The molecule has 0 aromatic heterocycles. The van der Waals surface area contributed by atoms with E-state index in [1.165, 1.54) is 0 Å². The summed E-state index contributed by atoms with van der Waals surface area (Å²) in [5, 5.41) is 12.6. The van der Waals surface area contributed by atoms with E-state index >= 15 is 0 Å². The van der Waals surface area contributed by atoms with Crippen molar-refractivity contribution in [3.63, 3.8) is 0 Å². The summed E-state index contributed by atoms with van der Waals surface area (Å²) in [5.41, 5.74) is 1.10. The van der Waals surface area contributed by atoms with E-state index in [2.05, 4.69) is 35.1 Å². The number of aliphatic hydroxyl groups excluding tert-OH is 1. The zero-order valence-corrected chi connectivity index (χ0v) is 12.2. The van der Waals surface area contributed by atoms with E-state index in [1.807, 2.05) is 12.1 Å². The molecule has 2 N–H and O–H groups in total. The first-order valence-electron chi connectivity index (χ1n) is 6.04. The molecule has 0 bridgehead atoms. The van der Waals surface area contributed by atoms with Crippen LogP contribution in [0.4, 0.5) is 0 Å². The van der Waals surface area contributed by atoms with Crippen LogP contribution in [0.25, 0.3) is 0 Å². The van der Waals surface area contributed by atoms with Crippen molar-refractivity contribution in [3.05, 3.63) is 22.2 Å². The third-order valence-corrected chi connectivity index (χ3v) is 3.65. The fraction of sp³-hybridized carbons (Fsp3) is 0.538. The average Bonchev–Trinajstić information content (AvgIpc) is 2.78. The van der Waals surface area contributed by atoms with E-state index in [-0.39, 0.29) is 19.4 Å². The molecule has 5 heteroatoms. The van der Waals surface area contributed by atoms with Crippen molar-refractivity contribution in [1.29, 1.82) is 0 Å². The molecule has 0 unspecified atom stereocenters. The topological polar surface area (TPSA) is 50.7 Å². The van der Waals surface area contributed by atoms with Crippen LogP contribution in [0, 0.1) is 5.92 Å². The van der Waals surface area contributed by atoms with Crippen LogP contribution in [-0.4, -0.2) is 24.5 Å². The molecule has 100 valence electrons. The van der Waals surface area contributed by atoms with Gasteiger partial charge in [-0.2, -0.15) is 0 Å². The Morgan fingerprint density at radius 1 is 1.39 bits per heavy atom. The lowest BCUT2D eigenvalue weighted by molar-refractivity contribution is 0.173. The Bertz CT molecular complexity index is 423. The van der Waals surface area contributed by atoms with Crippen LogP contribution in [-0.2, 0) is 6.54 Å². The SMILES string of the molecule is CC(C)[C@@H](CO)NCc1cc(Br)c2c(c1)OCO2. The van der Waals surface area contributed by atoms with Gasteiger partial charge in [-0.1, -0.05) is 13.8 Å². The van der Waals surface area contributed by atoms with Crippen molar-refractivity contribution in [2.45, 2.75) is 26.4 Å². The predicted octanol–water partition coefficient (Wildman–Crippen LogP) is 2.28. The Hall–Kier alpha value is -0.780. The molecule has 1 aromatic rings. The maximum absolute atomic E-state index is 9.27. The quantitative estimate of drug-likeness (QED) is 0.875. The standard InChI is InChI=1S/C13H18BrNO3/c1-8(2)11(6-16)15-5-9-3-10(14)13-12(4-9)17-7-18-13/h3-4,8,11,15-16H,5-7H2,1-2H3/t11-/m1/s1. The van der Waals surface area contributed by atoms with Crippen molar-refractivity contribution in [2.75, 3.05) is 13.4 Å². The van der Waals surface area contributed by atoms with Crippen LogP contribution in [0.2, 0.25) is 0 Å². The molecular weight excluding hydrogens is 298 g/mol. The average molecular weight is 316 g/mol. The van der Waals surface area contributed by atoms with Crippen molar-refractivity contribution >= 4 is 15.9 Å². The number of rotatable bonds is 5. The molecule has 1 atom stereocenters. The minimum Gasteiger partial charge on any atom is -0.454 e. The summed E-state index contributed by atoms with van der Waals surface area (Å²) in [6, 6.07) is 4.08. The second kappa shape index (κ2) is 5.91. The van der Waals surface area contributed by atoms with E-state index in [1.54, 1.807) is 0 Å². The molecule has 1 aliphatic heterocycles. The highest BCUT2D eigenvalue weighted by atomic mass is 79.9. The molecule has 0 spiro atoms. The molecule has 1 heterocycles. The van der Waals surface area contributed by atoms with E-state index in [9.17, 15) is 5.11 Å². The Balaban J connectivity index is 2.04. The van der Waals surface area contributed by atoms with Crippen LogP contribution in [0.1, 0.15) is 19.4 Å². The van der Waals surface area contributed by atoms with Gasteiger partial charge in [0, 0.05) is 12.6 Å². The molecule has 4 nitrogen and oxygen atoms in total. The lowest BCUT2D eigenvalue weighted by atomic mass is 10.0. The van der Waals surface area contributed by atoms with Crippen LogP contribution >= 0.6 is 15.9 Å². The summed E-state index contributed by atoms with van der Waals surface area (Å²) in [4.78, 5) is 0. The molecule has 0 saturated heterocycles. The van der Waals surface area contributed by atoms with Crippen molar-refractivity contribution in [1.82, 2.24) is 5.32 Å². The molecule has 0 radical (unpaired) electrons. The molecule has 18 heavy (non-hydrogen) atoms. The molecule has 0 amide bonds. The summed E-state index contributed by atoms with van der Waals surface area (Å²) >= 11 is 3.47. The van der Waals surface area contributed by atoms with Crippen molar-refractivity contribution in [2.24, 2.45) is 5.92 Å². The minimum atomic E-state index is 0.106. The number of benzene rings is 1. The first-order valence-corrected chi connectivity index (χ1v) is 6.83. The van der Waals surface area contributed by atoms with Gasteiger partial charge in [-0.15, -0.1) is 0 Å². The maximum Gasteiger partial charge on any atom is 0.231 e. The number of aliphatic hydroxyl groups is 1. The smallest absolute Gasteiger partial charge is 0.231 e. The van der Waals surface area contributed by atoms with E-state index in [0.29, 0.717) is 12.5 Å². The van der Waals surface area contributed by atoms with Gasteiger partial charge in [0.2, 0.25) is 6.79 Å². The summed E-state index contributed by atoms with van der Waals surface area (Å²) in [7, 11) is 0. The molecule has 1 aliphatic rings. The van der Waals surface area contributed by atoms with E-state index < -0.39 is 0 Å². The predicted molar refractivity (Wildman–Crippen MR) is 72.8 cm³/mol. The minimum absolute atomic E-state index is 0.106. The first kappa shape index (κ1) is 13.6. The zero-order valence-electron chi connectivity index (χ0n) is 10.6. The van der Waals surface area contributed by atoms with Gasteiger partial charge >= 0.3 is 0 Å². The number of nitrogens with one attached hydrogen (secondary N) is 1. The van der Waals surface area contributed by atoms with Crippen LogP contribution in [0.15, 0.2) is 16.6 Å². The fourth-order valence-electron chi connectivity index (χ4n) is 1.88. The number of hydrogen-bond acceptors (Lipinski definition) is 4. The Morgan fingerprint density at radius 2 is 2.17 bits per heavy atom. The summed E-state index contributed by atoms with van der Waals surface area (Å²) < 4.78 is 11.6. The Labute approximate surface area is 115 Å². The van der Waals surface area contributed by atoms with Gasteiger partial charge in [0.05, 0.1) is 11.1 Å². The highest BCUT2D eigenvalue weighted by molar-refractivity contribution is 9.10. The third-order valence-electron chi connectivity index (χ3n) is 3.06. The Morgan fingerprint density at radius 3 is 2.83 bits per heavy atom. The monoisotopic (exact) mass is 315 g/mol. The lowest BCUT2D eigenvalue weighted by Crippen LogP contribution is -2.36. The highest BCUT2D eigenvalue weighted by Crippen LogP contribution is 2.39. The molecular formula is C13H18BrNO3. The number of halogens is 1. The summed E-state index contributed by atoms with van der Waals surface area (Å²) in [6.45, 7) is 5.28. The van der Waals surface area contributed by atoms with Gasteiger partial charge in [0.25, 0.3) is 0 Å². The zero-order chi connectivity index (χ0) is 13.1. The molecule has 0 fully saturated rings. The fourth-order valence-corrected chi connectivity index (χ4v) is 2.49. The van der Waals surface area contributed by atoms with Crippen LogP contribution in [0.3, 0.4) is 0 Å². The molecule has 2 rings (SSSR count). The summed E-state index contributed by atoms with van der Waals surface area (Å²) in [5.74, 6) is 1.93. The second-order valence-electron chi connectivity index (χ2n) is 4.73. The van der Waals surface area contributed by atoms with Crippen molar-refractivity contribution < 1.29 is 14.6 Å². The van der Waals surface area contributed by atoms with Gasteiger partial charge in [-0.25, -0.2) is 0 Å². The molecule has 1 aromatic carbocycles. The van der Waals surface area contributed by atoms with Crippen LogP contribution < -0.4 is 14.8 Å². The highest BCUT2D eigenvalue weighted by Gasteiger charge is 2.18. The van der Waals surface area contributed by atoms with Gasteiger partial charge in [0.1, 0.15) is 0 Å². The van der Waals surface area contributed by atoms with E-state index in [0.717, 1.165) is 21.5 Å². The third kappa shape index (κ3) is 2.96. The van der Waals surface area contributed by atoms with Crippen LogP contribution in [0.5, 0.6) is 11.5 Å². The largest absolute Gasteiger partial charge is 0.454 e. The Kier molecular flexibility index (Phi) is 4.48. The van der Waals surface area contributed by atoms with Crippen molar-refractivity contribution in [3.8, 4) is 11.5 Å². The number of fused-ring (bicyclic) bond motifs is 1. The normalized spacial score (nSPS) is 15.2. The van der Waals surface area contributed by atoms with Gasteiger partial charge < -0.3 is 19.9 Å². The van der Waals surface area contributed by atoms with E-state index in [4.69, 9.17) is 9.47 Å². The first-order chi connectivity index (χ1) is 8.61.